The van der Waals surface area contributed by atoms with E-state index in [4.69, 9.17) is 5.73 Å². The predicted molar refractivity (Wildman–Crippen MR) is 76.7 cm³/mol. The van der Waals surface area contributed by atoms with Crippen LogP contribution in [0.25, 0.3) is 10.4 Å². The molecule has 0 bridgehead atoms. The third-order valence-electron chi connectivity index (χ3n) is 4.20. The summed E-state index contributed by atoms with van der Waals surface area (Å²) in [6.07, 6.45) is 3.80. The highest BCUT2D eigenvalue weighted by atomic mass is 32.1. The van der Waals surface area contributed by atoms with Crippen LogP contribution >= 0.6 is 11.3 Å². The maximum absolute atomic E-state index is 6.05. The van der Waals surface area contributed by atoms with E-state index in [1.807, 2.05) is 0 Å². The van der Waals surface area contributed by atoms with E-state index in [1.165, 1.54) is 29.8 Å². The van der Waals surface area contributed by atoms with E-state index < -0.39 is 0 Å². The van der Waals surface area contributed by atoms with Crippen molar-refractivity contribution in [3.8, 4) is 10.4 Å². The van der Waals surface area contributed by atoms with Crippen LogP contribution in [-0.4, -0.2) is 10.2 Å². The highest BCUT2D eigenvalue weighted by Crippen LogP contribution is 2.51. The summed E-state index contributed by atoms with van der Waals surface area (Å²) in [4.78, 5) is 1.22. The van der Waals surface area contributed by atoms with Gasteiger partial charge in [-0.15, -0.1) is 11.3 Å². The molecule has 3 N–H and O–H groups in total. The van der Waals surface area contributed by atoms with Crippen LogP contribution < -0.4 is 5.73 Å². The Morgan fingerprint density at radius 2 is 2.33 bits per heavy atom. The van der Waals surface area contributed by atoms with E-state index in [-0.39, 0.29) is 0 Å². The number of rotatable bonds is 2. The molecule has 1 unspecified atom stereocenters. The Bertz CT molecular complexity index is 539. The zero-order chi connectivity index (χ0) is 12.8. The number of nitrogen functional groups attached to an aromatic ring is 1. The number of nitrogens with two attached hydrogens (primary N) is 1. The lowest BCUT2D eigenvalue weighted by atomic mass is 9.79. The second-order valence-electron chi connectivity index (χ2n) is 5.81. The summed E-state index contributed by atoms with van der Waals surface area (Å²) >= 11 is 1.73. The molecular formula is C14H19N3S. The van der Waals surface area contributed by atoms with Crippen molar-refractivity contribution in [2.75, 3.05) is 5.73 Å². The minimum atomic E-state index is 0.338. The first-order valence-corrected chi connectivity index (χ1v) is 7.35. The van der Waals surface area contributed by atoms with Crippen LogP contribution in [0.2, 0.25) is 0 Å². The van der Waals surface area contributed by atoms with E-state index in [0.717, 1.165) is 5.56 Å². The van der Waals surface area contributed by atoms with Crippen LogP contribution in [0.15, 0.2) is 17.5 Å². The summed E-state index contributed by atoms with van der Waals surface area (Å²) in [5, 5.41) is 9.52. The first kappa shape index (κ1) is 11.8. The zero-order valence-corrected chi connectivity index (χ0v) is 11.7. The highest BCUT2D eigenvalue weighted by molar-refractivity contribution is 7.13. The molecule has 1 atom stereocenters. The quantitative estimate of drug-likeness (QED) is 0.858. The van der Waals surface area contributed by atoms with Gasteiger partial charge in [-0.3, -0.25) is 5.10 Å². The predicted octanol–water partition coefficient (Wildman–Crippen LogP) is 4.01. The van der Waals surface area contributed by atoms with Gasteiger partial charge in [0.25, 0.3) is 0 Å². The van der Waals surface area contributed by atoms with Crippen LogP contribution in [0.3, 0.4) is 0 Å². The largest absolute Gasteiger partial charge is 0.382 e. The Hall–Kier alpha value is -1.29. The minimum Gasteiger partial charge on any atom is -0.382 e. The molecule has 1 aliphatic carbocycles. The standard InChI is InChI=1S/C14H19N3S/c1-14(2)7-3-5-9(14)12-11(13(15)17-16-12)10-6-4-8-18-10/h4,6,8-9H,3,5,7H2,1-2H3,(H3,15,16,17). The van der Waals surface area contributed by atoms with Crippen molar-refractivity contribution in [1.82, 2.24) is 10.2 Å². The van der Waals surface area contributed by atoms with Crippen LogP contribution in [0.5, 0.6) is 0 Å². The van der Waals surface area contributed by atoms with Crippen molar-refractivity contribution in [1.29, 1.82) is 0 Å². The lowest BCUT2D eigenvalue weighted by molar-refractivity contribution is 0.328. The van der Waals surface area contributed by atoms with Crippen LogP contribution in [0.4, 0.5) is 5.82 Å². The number of hydrogen-bond donors (Lipinski definition) is 2. The molecule has 1 saturated carbocycles. The second-order valence-corrected chi connectivity index (χ2v) is 6.76. The summed E-state index contributed by atoms with van der Waals surface area (Å²) in [6, 6.07) is 4.19. The molecule has 18 heavy (non-hydrogen) atoms. The van der Waals surface area contributed by atoms with Crippen molar-refractivity contribution in [2.24, 2.45) is 5.41 Å². The maximum Gasteiger partial charge on any atom is 0.154 e. The summed E-state index contributed by atoms with van der Waals surface area (Å²) < 4.78 is 0. The molecule has 2 aromatic rings. The van der Waals surface area contributed by atoms with Crippen molar-refractivity contribution in [2.45, 2.75) is 39.0 Å². The van der Waals surface area contributed by atoms with Crippen LogP contribution in [0.1, 0.15) is 44.7 Å². The lowest BCUT2D eigenvalue weighted by Crippen LogP contribution is -2.16. The van der Waals surface area contributed by atoms with Gasteiger partial charge in [-0.25, -0.2) is 0 Å². The average molecular weight is 261 g/mol. The molecule has 2 heterocycles. The lowest BCUT2D eigenvalue weighted by Gasteiger charge is -2.26. The first-order valence-electron chi connectivity index (χ1n) is 6.47. The number of nitrogens with zero attached hydrogens (tertiary/aromatic N) is 1. The normalized spacial score (nSPS) is 22.4. The summed E-state index contributed by atoms with van der Waals surface area (Å²) in [5.41, 5.74) is 8.75. The molecule has 0 saturated heterocycles. The number of anilines is 1. The number of aromatic nitrogens is 2. The minimum absolute atomic E-state index is 0.338. The topological polar surface area (TPSA) is 54.7 Å². The Morgan fingerprint density at radius 3 is 2.94 bits per heavy atom. The first-order chi connectivity index (χ1) is 8.59. The summed E-state index contributed by atoms with van der Waals surface area (Å²) in [7, 11) is 0. The van der Waals surface area contributed by atoms with Crippen LogP contribution in [0, 0.1) is 5.41 Å². The molecule has 1 aliphatic rings. The molecule has 3 rings (SSSR count). The third-order valence-corrected chi connectivity index (χ3v) is 5.08. The van der Waals surface area contributed by atoms with Gasteiger partial charge in [0.05, 0.1) is 5.56 Å². The van der Waals surface area contributed by atoms with Gasteiger partial charge in [-0.1, -0.05) is 26.3 Å². The molecule has 0 radical (unpaired) electrons. The van der Waals surface area contributed by atoms with Gasteiger partial charge >= 0.3 is 0 Å². The van der Waals surface area contributed by atoms with Gasteiger partial charge in [-0.05, 0) is 29.7 Å². The number of thiophene rings is 1. The van der Waals surface area contributed by atoms with E-state index in [2.05, 4.69) is 41.6 Å². The van der Waals surface area contributed by atoms with Crippen molar-refractivity contribution >= 4 is 17.2 Å². The maximum atomic E-state index is 6.05. The SMILES string of the molecule is CC1(C)CCCC1c1[nH]nc(N)c1-c1cccs1. The zero-order valence-electron chi connectivity index (χ0n) is 10.9. The highest BCUT2D eigenvalue weighted by Gasteiger charge is 2.38. The Labute approximate surface area is 111 Å². The number of hydrogen-bond acceptors (Lipinski definition) is 3. The molecule has 4 heteroatoms. The van der Waals surface area contributed by atoms with E-state index in [9.17, 15) is 0 Å². The second kappa shape index (κ2) is 4.12. The molecule has 3 nitrogen and oxygen atoms in total. The Balaban J connectivity index is 2.09. The van der Waals surface area contributed by atoms with Crippen LogP contribution in [-0.2, 0) is 0 Å². The van der Waals surface area contributed by atoms with Gasteiger partial charge in [0, 0.05) is 16.5 Å². The van der Waals surface area contributed by atoms with Gasteiger partial charge in [0.15, 0.2) is 5.82 Å². The smallest absolute Gasteiger partial charge is 0.154 e. The summed E-state index contributed by atoms with van der Waals surface area (Å²) in [5.74, 6) is 1.18. The Morgan fingerprint density at radius 1 is 1.50 bits per heavy atom. The fourth-order valence-corrected chi connectivity index (χ4v) is 3.96. The average Bonchev–Trinajstić information content (AvgIpc) is 2.98. The third kappa shape index (κ3) is 1.75. The van der Waals surface area contributed by atoms with Gasteiger partial charge < -0.3 is 5.73 Å². The fraction of sp³-hybridized carbons (Fsp3) is 0.500. The molecular weight excluding hydrogens is 242 g/mol. The monoisotopic (exact) mass is 261 g/mol. The molecule has 2 aromatic heterocycles. The van der Waals surface area contributed by atoms with E-state index in [1.54, 1.807) is 11.3 Å². The van der Waals surface area contributed by atoms with Crippen molar-refractivity contribution in [3.05, 3.63) is 23.2 Å². The molecule has 0 aliphatic heterocycles. The van der Waals surface area contributed by atoms with Gasteiger partial charge in [-0.2, -0.15) is 5.10 Å². The van der Waals surface area contributed by atoms with Gasteiger partial charge in [0.1, 0.15) is 0 Å². The number of nitrogens with one attached hydrogen (secondary N) is 1. The molecule has 0 spiro atoms. The number of H-pyrrole nitrogens is 1. The summed E-state index contributed by atoms with van der Waals surface area (Å²) in [6.45, 7) is 4.69. The Kier molecular flexibility index (Phi) is 2.70. The number of aromatic amines is 1. The molecule has 96 valence electrons. The molecule has 0 aromatic carbocycles. The van der Waals surface area contributed by atoms with Crippen molar-refractivity contribution < 1.29 is 0 Å². The molecule has 1 fully saturated rings. The van der Waals surface area contributed by atoms with Gasteiger partial charge in [0.2, 0.25) is 0 Å². The van der Waals surface area contributed by atoms with E-state index >= 15 is 0 Å². The van der Waals surface area contributed by atoms with E-state index in [0.29, 0.717) is 17.2 Å². The fourth-order valence-electron chi connectivity index (χ4n) is 3.16. The van der Waals surface area contributed by atoms with Crippen molar-refractivity contribution in [3.63, 3.8) is 0 Å². The molecule has 0 amide bonds.